The molecule has 0 aromatic heterocycles. The van der Waals surface area contributed by atoms with Gasteiger partial charge >= 0.3 is 0 Å². The van der Waals surface area contributed by atoms with E-state index in [-0.39, 0.29) is 0 Å². The van der Waals surface area contributed by atoms with Crippen LogP contribution in [-0.2, 0) is 9.84 Å². The highest BCUT2D eigenvalue weighted by molar-refractivity contribution is 7.91. The Labute approximate surface area is 73.5 Å². The number of hydrogen-bond acceptors (Lipinski definition) is 3. The van der Waals surface area contributed by atoms with Crippen LogP contribution in [0.2, 0.25) is 0 Å². The maximum absolute atomic E-state index is 11.1. The molecule has 70 valence electrons. The normalized spacial score (nSPS) is 34.8. The molecule has 12 heavy (non-hydrogen) atoms. The fourth-order valence-electron chi connectivity index (χ4n) is 2.04. The molecule has 2 fully saturated rings. The number of nitrogens with one attached hydrogen (secondary N) is 1. The van der Waals surface area contributed by atoms with Gasteiger partial charge in [-0.1, -0.05) is 0 Å². The van der Waals surface area contributed by atoms with Gasteiger partial charge in [-0.3, -0.25) is 0 Å². The van der Waals surface area contributed by atoms with Gasteiger partial charge in [-0.15, -0.1) is 0 Å². The van der Waals surface area contributed by atoms with Crippen LogP contribution in [-0.4, -0.2) is 33.0 Å². The van der Waals surface area contributed by atoms with E-state index >= 15 is 0 Å². The molecule has 0 aromatic rings. The highest BCUT2D eigenvalue weighted by Crippen LogP contribution is 2.26. The third-order valence-corrected chi connectivity index (χ3v) is 4.70. The average Bonchev–Trinajstić information content (AvgIpc) is 2.21. The maximum Gasteiger partial charge on any atom is 0.150 e. The van der Waals surface area contributed by atoms with Crippen LogP contribution >= 0.6 is 0 Å². The highest BCUT2D eigenvalue weighted by atomic mass is 32.2. The maximum atomic E-state index is 11.1. The van der Waals surface area contributed by atoms with Crippen LogP contribution in [0.4, 0.5) is 0 Å². The molecule has 2 aliphatic heterocycles. The summed E-state index contributed by atoms with van der Waals surface area (Å²) < 4.78 is 22.2. The van der Waals surface area contributed by atoms with Crippen molar-refractivity contribution in [2.24, 2.45) is 11.8 Å². The van der Waals surface area contributed by atoms with Crippen molar-refractivity contribution in [3.05, 3.63) is 0 Å². The Kier molecular flexibility index (Phi) is 2.12. The van der Waals surface area contributed by atoms with E-state index in [1.165, 1.54) is 0 Å². The van der Waals surface area contributed by atoms with Crippen molar-refractivity contribution >= 4 is 9.84 Å². The molecule has 0 amide bonds. The smallest absolute Gasteiger partial charge is 0.150 e. The Morgan fingerprint density at radius 3 is 2.42 bits per heavy atom. The van der Waals surface area contributed by atoms with E-state index in [4.69, 9.17) is 0 Å². The molecule has 0 aliphatic carbocycles. The monoisotopic (exact) mass is 189 g/mol. The topological polar surface area (TPSA) is 46.2 Å². The van der Waals surface area contributed by atoms with Crippen molar-refractivity contribution < 1.29 is 8.42 Å². The molecule has 2 heterocycles. The van der Waals surface area contributed by atoms with Crippen LogP contribution in [0.1, 0.15) is 12.8 Å². The van der Waals surface area contributed by atoms with E-state index in [2.05, 4.69) is 5.32 Å². The molecule has 3 nitrogen and oxygen atoms in total. The molecule has 1 atom stereocenters. The minimum atomic E-state index is -2.65. The molecule has 0 bridgehead atoms. The van der Waals surface area contributed by atoms with Gasteiger partial charge in [-0.25, -0.2) is 8.42 Å². The van der Waals surface area contributed by atoms with Crippen molar-refractivity contribution in [2.75, 3.05) is 24.6 Å². The molecule has 2 aliphatic rings. The second-order valence-electron chi connectivity index (χ2n) is 4.03. The van der Waals surface area contributed by atoms with Crippen LogP contribution in [0, 0.1) is 11.8 Å². The van der Waals surface area contributed by atoms with Gasteiger partial charge in [0.1, 0.15) is 0 Å². The number of sulfone groups is 1. The molecule has 2 saturated heterocycles. The highest BCUT2D eigenvalue weighted by Gasteiger charge is 2.31. The SMILES string of the molecule is O=S1(=O)CCC(CC2CNC2)C1. The first-order valence-corrected chi connectivity index (χ1v) is 6.39. The van der Waals surface area contributed by atoms with Crippen molar-refractivity contribution in [3.8, 4) is 0 Å². The predicted molar refractivity (Wildman–Crippen MR) is 47.7 cm³/mol. The van der Waals surface area contributed by atoms with Gasteiger partial charge in [0.05, 0.1) is 11.5 Å². The standard InChI is InChI=1S/C8H15NO2S/c10-12(11)2-1-7(6-12)3-8-4-9-5-8/h7-9H,1-6H2. The lowest BCUT2D eigenvalue weighted by Gasteiger charge is -2.28. The van der Waals surface area contributed by atoms with Crippen LogP contribution in [0.25, 0.3) is 0 Å². The fourth-order valence-corrected chi connectivity index (χ4v) is 3.92. The lowest BCUT2D eigenvalue weighted by Crippen LogP contribution is -2.42. The summed E-state index contributed by atoms with van der Waals surface area (Å²) in [6.07, 6.45) is 2.02. The summed E-state index contributed by atoms with van der Waals surface area (Å²) in [5.41, 5.74) is 0. The molecule has 0 aromatic carbocycles. The minimum Gasteiger partial charge on any atom is -0.316 e. The lowest BCUT2D eigenvalue weighted by atomic mass is 9.90. The average molecular weight is 189 g/mol. The zero-order valence-corrected chi connectivity index (χ0v) is 7.94. The number of hydrogen-bond donors (Lipinski definition) is 1. The fraction of sp³-hybridized carbons (Fsp3) is 1.00. The third kappa shape index (κ3) is 1.80. The first kappa shape index (κ1) is 8.51. The molecule has 1 N–H and O–H groups in total. The molecule has 0 saturated carbocycles. The van der Waals surface area contributed by atoms with Gasteiger partial charge in [0.2, 0.25) is 0 Å². The van der Waals surface area contributed by atoms with E-state index in [1.54, 1.807) is 0 Å². The van der Waals surface area contributed by atoms with Crippen molar-refractivity contribution in [1.29, 1.82) is 0 Å². The Hall–Kier alpha value is -0.0900. The first-order chi connectivity index (χ1) is 5.66. The van der Waals surface area contributed by atoms with Crippen molar-refractivity contribution in [2.45, 2.75) is 12.8 Å². The van der Waals surface area contributed by atoms with Crippen LogP contribution < -0.4 is 5.32 Å². The molecule has 4 heteroatoms. The summed E-state index contributed by atoms with van der Waals surface area (Å²) in [6.45, 7) is 2.19. The summed E-state index contributed by atoms with van der Waals surface area (Å²) >= 11 is 0. The van der Waals surface area contributed by atoms with Crippen LogP contribution in [0.5, 0.6) is 0 Å². The van der Waals surface area contributed by atoms with E-state index in [1.807, 2.05) is 0 Å². The summed E-state index contributed by atoms with van der Waals surface area (Å²) in [4.78, 5) is 0. The molecule has 2 rings (SSSR count). The molecule has 0 spiro atoms. The van der Waals surface area contributed by atoms with Gasteiger partial charge in [0, 0.05) is 0 Å². The second kappa shape index (κ2) is 3.00. The van der Waals surface area contributed by atoms with Gasteiger partial charge in [-0.2, -0.15) is 0 Å². The Balaban J connectivity index is 1.83. The first-order valence-electron chi connectivity index (χ1n) is 4.57. The van der Waals surface area contributed by atoms with Gasteiger partial charge in [-0.05, 0) is 37.8 Å². The number of rotatable bonds is 2. The summed E-state index contributed by atoms with van der Waals surface area (Å²) in [7, 11) is -2.65. The van der Waals surface area contributed by atoms with Gasteiger partial charge < -0.3 is 5.32 Å². The van der Waals surface area contributed by atoms with Gasteiger partial charge in [0.25, 0.3) is 0 Å². The quantitative estimate of drug-likeness (QED) is 0.666. The van der Waals surface area contributed by atoms with Gasteiger partial charge in [0.15, 0.2) is 9.84 Å². The van der Waals surface area contributed by atoms with E-state index in [0.717, 1.165) is 31.8 Å². The van der Waals surface area contributed by atoms with E-state index in [9.17, 15) is 8.42 Å². The van der Waals surface area contributed by atoms with Crippen molar-refractivity contribution in [1.82, 2.24) is 5.32 Å². The lowest BCUT2D eigenvalue weighted by molar-refractivity contribution is 0.286. The van der Waals surface area contributed by atoms with E-state index in [0.29, 0.717) is 17.4 Å². The van der Waals surface area contributed by atoms with Crippen molar-refractivity contribution in [3.63, 3.8) is 0 Å². The molecular formula is C8H15NO2S. The van der Waals surface area contributed by atoms with E-state index < -0.39 is 9.84 Å². The summed E-state index contributed by atoms with van der Waals surface area (Å²) in [5, 5.41) is 3.21. The zero-order chi connectivity index (χ0) is 8.60. The minimum absolute atomic E-state index is 0.428. The second-order valence-corrected chi connectivity index (χ2v) is 6.26. The van der Waals surface area contributed by atoms with Crippen LogP contribution in [0.3, 0.4) is 0 Å². The molecular weight excluding hydrogens is 174 g/mol. The summed E-state index contributed by atoms with van der Waals surface area (Å²) in [6, 6.07) is 0. The Morgan fingerprint density at radius 2 is 2.00 bits per heavy atom. The summed E-state index contributed by atoms with van der Waals surface area (Å²) in [5.74, 6) is 2.09. The zero-order valence-electron chi connectivity index (χ0n) is 7.12. The molecule has 0 radical (unpaired) electrons. The largest absolute Gasteiger partial charge is 0.316 e. The Morgan fingerprint density at radius 1 is 1.25 bits per heavy atom. The third-order valence-electron chi connectivity index (χ3n) is 2.86. The Bertz CT molecular complexity index is 256. The molecule has 1 unspecified atom stereocenters. The predicted octanol–water partition coefficient (Wildman–Crippen LogP) is 0.0306. The van der Waals surface area contributed by atoms with Crippen LogP contribution in [0.15, 0.2) is 0 Å².